The van der Waals surface area contributed by atoms with Gasteiger partial charge in [0.15, 0.2) is 0 Å². The van der Waals surface area contributed by atoms with Gasteiger partial charge in [0, 0.05) is 17.2 Å². The van der Waals surface area contributed by atoms with Crippen LogP contribution in [0.3, 0.4) is 0 Å². The summed E-state index contributed by atoms with van der Waals surface area (Å²) in [5, 5.41) is 35.2. The lowest BCUT2D eigenvalue weighted by molar-refractivity contribution is -0.150. The second-order valence-corrected chi connectivity index (χ2v) is 9.05. The first kappa shape index (κ1) is 22.6. The first-order valence-corrected chi connectivity index (χ1v) is 11.8. The quantitative estimate of drug-likeness (QED) is 0.326. The molecule has 33 heavy (non-hydrogen) atoms. The fourth-order valence-corrected chi connectivity index (χ4v) is 5.74. The third kappa shape index (κ3) is 4.78. The molecule has 1 unspecified atom stereocenters. The summed E-state index contributed by atoms with van der Waals surface area (Å²) >= 11 is 2.58. The van der Waals surface area contributed by atoms with Crippen LogP contribution in [0.25, 0.3) is 0 Å². The third-order valence-corrected chi connectivity index (χ3v) is 7.27. The number of carbonyl (C=O) groups excluding carboxylic acids is 2. The minimum absolute atomic E-state index is 0.00783. The van der Waals surface area contributed by atoms with Crippen molar-refractivity contribution < 1.29 is 19.5 Å². The Morgan fingerprint density at radius 2 is 2.12 bits per heavy atom. The number of amides is 2. The van der Waals surface area contributed by atoms with Crippen molar-refractivity contribution in [3.8, 4) is 6.07 Å². The summed E-state index contributed by atoms with van der Waals surface area (Å²) in [6.07, 6.45) is 0. The fraction of sp³-hybridized carbons (Fsp3) is 0.316. The van der Waals surface area contributed by atoms with E-state index in [2.05, 4.69) is 26.2 Å². The predicted octanol–water partition coefficient (Wildman–Crippen LogP) is 0.139. The van der Waals surface area contributed by atoms with E-state index in [1.165, 1.54) is 33.1 Å². The number of nitrogens with one attached hydrogen (secondary N) is 2. The largest absolute Gasteiger partial charge is 0.477 e. The summed E-state index contributed by atoms with van der Waals surface area (Å²) in [5.74, 6) is -1.41. The van der Waals surface area contributed by atoms with Gasteiger partial charge in [0.2, 0.25) is 11.1 Å². The summed E-state index contributed by atoms with van der Waals surface area (Å²) in [4.78, 5) is 38.2. The Morgan fingerprint density at radius 3 is 2.85 bits per heavy atom. The molecular weight excluding hydrogens is 468 g/mol. The van der Waals surface area contributed by atoms with Crippen LogP contribution in [0.4, 0.5) is 5.69 Å². The maximum Gasteiger partial charge on any atom is 0.352 e. The highest BCUT2D eigenvalue weighted by Gasteiger charge is 2.54. The van der Waals surface area contributed by atoms with Crippen LogP contribution < -0.4 is 10.6 Å². The van der Waals surface area contributed by atoms with Crippen molar-refractivity contribution in [3.05, 3.63) is 41.6 Å². The van der Waals surface area contributed by atoms with Crippen LogP contribution in [-0.4, -0.2) is 77.5 Å². The molecule has 4 rings (SSSR count). The van der Waals surface area contributed by atoms with Crippen molar-refractivity contribution >= 4 is 47.0 Å². The second kappa shape index (κ2) is 9.92. The van der Waals surface area contributed by atoms with Gasteiger partial charge >= 0.3 is 5.97 Å². The molecule has 2 aliphatic heterocycles. The van der Waals surface area contributed by atoms with E-state index in [-0.39, 0.29) is 30.4 Å². The fourth-order valence-electron chi connectivity index (χ4n) is 3.37. The summed E-state index contributed by atoms with van der Waals surface area (Å²) in [6.45, 7) is -0.0335. The van der Waals surface area contributed by atoms with Gasteiger partial charge in [0.05, 0.1) is 12.6 Å². The minimum Gasteiger partial charge on any atom is -0.477 e. The molecule has 1 saturated heterocycles. The maximum atomic E-state index is 12.7. The number of aliphatic carboxylic acids is 1. The molecule has 0 spiro atoms. The average Bonchev–Trinajstić information content (AvgIpc) is 3.27. The predicted molar refractivity (Wildman–Crippen MR) is 119 cm³/mol. The molecule has 1 fully saturated rings. The molecular formula is C19H18N8O4S2. The molecule has 2 aliphatic rings. The van der Waals surface area contributed by atoms with E-state index in [4.69, 9.17) is 5.26 Å². The number of carbonyl (C=O) groups is 3. The van der Waals surface area contributed by atoms with Gasteiger partial charge in [-0.3, -0.25) is 14.5 Å². The number of anilines is 1. The summed E-state index contributed by atoms with van der Waals surface area (Å²) in [6, 6.07) is 10.3. The van der Waals surface area contributed by atoms with E-state index in [0.717, 1.165) is 5.69 Å². The zero-order chi connectivity index (χ0) is 23.4. The number of fused-ring (bicyclic) bond motifs is 1. The van der Waals surface area contributed by atoms with E-state index < -0.39 is 23.3 Å². The third-order valence-electron chi connectivity index (χ3n) is 4.89. The highest BCUT2D eigenvalue weighted by molar-refractivity contribution is 8.01. The molecule has 170 valence electrons. The van der Waals surface area contributed by atoms with Gasteiger partial charge in [-0.1, -0.05) is 30.0 Å². The molecule has 1 aromatic heterocycles. The summed E-state index contributed by atoms with van der Waals surface area (Å²) in [5.41, 5.74) is 1.24. The summed E-state index contributed by atoms with van der Waals surface area (Å²) in [7, 11) is 0. The van der Waals surface area contributed by atoms with Gasteiger partial charge < -0.3 is 15.7 Å². The normalized spacial score (nSPS) is 19.4. The van der Waals surface area contributed by atoms with Crippen molar-refractivity contribution in [1.82, 2.24) is 30.4 Å². The standard InChI is InChI=1S/C19H18N8O4S2/c20-6-7-26-19(23-24-25-26)33-10-11-9-32-17-14(16(29)27(17)15(11)18(30)31)22-13(28)8-21-12-4-2-1-3-5-12/h1-5,14,17,21H,7-10H2,(H,22,28)(H,30,31)/t14?,17-/m1/s1. The number of rotatable bonds is 9. The molecule has 0 radical (unpaired) electrons. The maximum absolute atomic E-state index is 12.7. The second-order valence-electron chi connectivity index (χ2n) is 7.00. The Labute approximate surface area is 196 Å². The number of tetrazole rings is 1. The van der Waals surface area contributed by atoms with Gasteiger partial charge in [-0.15, -0.1) is 16.9 Å². The first-order chi connectivity index (χ1) is 16.0. The van der Waals surface area contributed by atoms with Crippen LogP contribution in [0.1, 0.15) is 0 Å². The number of hydrogen-bond donors (Lipinski definition) is 3. The Morgan fingerprint density at radius 1 is 1.33 bits per heavy atom. The van der Waals surface area contributed by atoms with Crippen molar-refractivity contribution in [2.24, 2.45) is 0 Å². The summed E-state index contributed by atoms with van der Waals surface area (Å²) < 4.78 is 1.31. The van der Waals surface area contributed by atoms with Crippen LogP contribution in [0, 0.1) is 11.3 Å². The Bertz CT molecular complexity index is 1150. The van der Waals surface area contributed by atoms with E-state index >= 15 is 0 Å². The topological polar surface area (TPSA) is 166 Å². The van der Waals surface area contributed by atoms with Crippen LogP contribution >= 0.6 is 23.5 Å². The molecule has 2 amide bonds. The molecule has 2 atom stereocenters. The van der Waals surface area contributed by atoms with Gasteiger partial charge in [0.25, 0.3) is 5.91 Å². The van der Waals surface area contributed by atoms with E-state index in [1.807, 2.05) is 36.4 Å². The number of carboxylic acid groups (broad SMARTS) is 1. The van der Waals surface area contributed by atoms with Crippen molar-refractivity contribution in [2.45, 2.75) is 23.1 Å². The van der Waals surface area contributed by atoms with Gasteiger partial charge in [-0.25, -0.2) is 9.48 Å². The van der Waals surface area contributed by atoms with Crippen LogP contribution in [0.15, 0.2) is 46.8 Å². The number of benzene rings is 1. The zero-order valence-electron chi connectivity index (χ0n) is 17.0. The number of carboxylic acids is 1. The van der Waals surface area contributed by atoms with Crippen LogP contribution in [0.5, 0.6) is 0 Å². The van der Waals surface area contributed by atoms with Gasteiger partial charge in [-0.05, 0) is 28.1 Å². The monoisotopic (exact) mass is 486 g/mol. The Balaban J connectivity index is 1.39. The van der Waals surface area contributed by atoms with Crippen LogP contribution in [0.2, 0.25) is 0 Å². The highest BCUT2D eigenvalue weighted by atomic mass is 32.2. The lowest BCUT2D eigenvalue weighted by Crippen LogP contribution is -2.71. The molecule has 14 heteroatoms. The molecule has 0 bridgehead atoms. The Kier molecular flexibility index (Phi) is 6.80. The number of aromatic nitrogens is 4. The Hall–Kier alpha value is -3.57. The molecule has 2 aromatic rings. The van der Waals surface area contributed by atoms with Gasteiger partial charge in [-0.2, -0.15) is 5.26 Å². The average molecular weight is 487 g/mol. The molecule has 3 heterocycles. The lowest BCUT2D eigenvalue weighted by Gasteiger charge is -2.49. The van der Waals surface area contributed by atoms with Crippen molar-refractivity contribution in [2.75, 3.05) is 23.4 Å². The first-order valence-electron chi connectivity index (χ1n) is 9.73. The van der Waals surface area contributed by atoms with Crippen LogP contribution in [-0.2, 0) is 20.9 Å². The number of β-lactam (4-membered cyclic amide) rings is 1. The molecule has 12 nitrogen and oxygen atoms in total. The number of para-hydroxylation sites is 1. The highest BCUT2D eigenvalue weighted by Crippen LogP contribution is 2.41. The minimum atomic E-state index is -1.21. The van der Waals surface area contributed by atoms with Gasteiger partial charge in [0.1, 0.15) is 23.7 Å². The van der Waals surface area contributed by atoms with E-state index in [0.29, 0.717) is 16.5 Å². The van der Waals surface area contributed by atoms with Crippen molar-refractivity contribution in [3.63, 3.8) is 0 Å². The molecule has 0 saturated carbocycles. The number of hydrogen-bond acceptors (Lipinski definition) is 10. The number of nitriles is 1. The molecule has 1 aromatic carbocycles. The van der Waals surface area contributed by atoms with E-state index in [9.17, 15) is 19.5 Å². The molecule has 3 N–H and O–H groups in total. The SMILES string of the molecule is N#CCn1nnnc1SCC1=C(C(=O)O)N2C(=O)C(NC(=O)CNc3ccccc3)[C@H]2SC1. The smallest absolute Gasteiger partial charge is 0.352 e. The number of thioether (sulfide) groups is 2. The number of nitrogens with zero attached hydrogens (tertiary/aromatic N) is 6. The lowest BCUT2D eigenvalue weighted by atomic mass is 10.0. The molecule has 0 aliphatic carbocycles. The van der Waals surface area contributed by atoms with E-state index in [1.54, 1.807) is 0 Å². The zero-order valence-corrected chi connectivity index (χ0v) is 18.7. The van der Waals surface area contributed by atoms with Crippen molar-refractivity contribution in [1.29, 1.82) is 5.26 Å².